The molecule has 0 aliphatic carbocycles. The fourth-order valence-electron chi connectivity index (χ4n) is 2.35. The number of hydrogen-bond donors (Lipinski definition) is 1. The number of amides is 1. The Balaban J connectivity index is 2.21. The molecule has 0 aliphatic rings. The van der Waals surface area contributed by atoms with E-state index in [0.29, 0.717) is 10.9 Å². The fourth-order valence-corrected chi connectivity index (χ4v) is 2.56. The number of carbonyl (C=O) groups excluding carboxylic acids is 2. The first-order valence-electron chi connectivity index (χ1n) is 8.45. The number of fused-ring (bicyclic) bond motifs is 1. The summed E-state index contributed by atoms with van der Waals surface area (Å²) in [6, 6.07) is 3.36. The Labute approximate surface area is 161 Å². The third kappa shape index (κ3) is 5.47. The first kappa shape index (κ1) is 20.8. The molecule has 2 rings (SSSR count). The number of halogens is 1. The Bertz CT molecular complexity index is 928. The second-order valence-corrected chi connectivity index (χ2v) is 7.46. The summed E-state index contributed by atoms with van der Waals surface area (Å²) in [6.07, 6.45) is -0.435. The van der Waals surface area contributed by atoms with Gasteiger partial charge in [-0.2, -0.15) is 0 Å². The van der Waals surface area contributed by atoms with Crippen molar-refractivity contribution in [3.05, 3.63) is 39.2 Å². The van der Waals surface area contributed by atoms with Crippen molar-refractivity contribution in [2.45, 2.75) is 52.7 Å². The molecular weight excluding hydrogens is 374 g/mol. The first-order chi connectivity index (χ1) is 12.5. The molecule has 0 saturated carbocycles. The van der Waals surface area contributed by atoms with Gasteiger partial charge in [0, 0.05) is 17.5 Å². The average molecular weight is 396 g/mol. The minimum atomic E-state index is -0.920. The zero-order valence-corrected chi connectivity index (χ0v) is 16.6. The van der Waals surface area contributed by atoms with Gasteiger partial charge in [-0.3, -0.25) is 0 Å². The van der Waals surface area contributed by atoms with E-state index in [1.54, 1.807) is 40.7 Å². The molecular formula is C19H22ClNO6. The second kappa shape index (κ2) is 8.00. The molecule has 2 aromatic rings. The van der Waals surface area contributed by atoms with E-state index in [0.717, 1.165) is 0 Å². The number of hydrogen-bond acceptors (Lipinski definition) is 6. The van der Waals surface area contributed by atoms with Crippen molar-refractivity contribution in [1.29, 1.82) is 0 Å². The van der Waals surface area contributed by atoms with Crippen molar-refractivity contribution in [3.63, 3.8) is 0 Å². The van der Waals surface area contributed by atoms with Crippen LogP contribution in [0.25, 0.3) is 11.0 Å². The highest BCUT2D eigenvalue weighted by Crippen LogP contribution is 2.31. The standard InChI is InChI=1S/C19H22ClNO6/c1-6-13(21-18(24)27-19(3,4)5)17(23)26-15-9-14-11(8-12(15)20)10(2)7-16(22)25-14/h7-9,13H,6H2,1-5H3,(H,21,24). The SMILES string of the molecule is CCC(NC(=O)OC(C)(C)C)C(=O)Oc1cc2oc(=O)cc(C)c2cc1Cl. The predicted octanol–water partition coefficient (Wildman–Crippen LogP) is 3.96. The van der Waals surface area contributed by atoms with Crippen LogP contribution in [0, 0.1) is 6.92 Å². The van der Waals surface area contributed by atoms with Crippen molar-refractivity contribution in [3.8, 4) is 5.75 Å². The third-order valence-corrected chi connectivity index (χ3v) is 3.89. The van der Waals surface area contributed by atoms with E-state index < -0.39 is 29.3 Å². The van der Waals surface area contributed by atoms with Gasteiger partial charge in [0.15, 0.2) is 5.75 Å². The molecule has 8 heteroatoms. The number of rotatable bonds is 4. The van der Waals surface area contributed by atoms with Gasteiger partial charge in [-0.1, -0.05) is 18.5 Å². The Morgan fingerprint density at radius 2 is 1.93 bits per heavy atom. The molecule has 1 atom stereocenters. The molecule has 1 unspecified atom stereocenters. The average Bonchev–Trinajstić information content (AvgIpc) is 2.52. The lowest BCUT2D eigenvalue weighted by molar-refractivity contribution is -0.136. The monoisotopic (exact) mass is 395 g/mol. The lowest BCUT2D eigenvalue weighted by Gasteiger charge is -2.22. The highest BCUT2D eigenvalue weighted by molar-refractivity contribution is 6.33. The van der Waals surface area contributed by atoms with Crippen molar-refractivity contribution in [2.75, 3.05) is 0 Å². The Hall–Kier alpha value is -2.54. The van der Waals surface area contributed by atoms with E-state index in [4.69, 9.17) is 25.5 Å². The van der Waals surface area contributed by atoms with E-state index in [1.165, 1.54) is 12.1 Å². The van der Waals surface area contributed by atoms with Gasteiger partial charge < -0.3 is 19.2 Å². The molecule has 7 nitrogen and oxygen atoms in total. The van der Waals surface area contributed by atoms with Gasteiger partial charge in [0.25, 0.3) is 0 Å². The van der Waals surface area contributed by atoms with Crippen LogP contribution in [0.2, 0.25) is 5.02 Å². The van der Waals surface area contributed by atoms with Crippen LogP contribution in [-0.4, -0.2) is 23.7 Å². The number of alkyl carbamates (subject to hydrolysis) is 1. The highest BCUT2D eigenvalue weighted by atomic mass is 35.5. The lowest BCUT2D eigenvalue weighted by Crippen LogP contribution is -2.44. The van der Waals surface area contributed by atoms with Gasteiger partial charge in [-0.25, -0.2) is 14.4 Å². The lowest BCUT2D eigenvalue weighted by atomic mass is 10.1. The summed E-state index contributed by atoms with van der Waals surface area (Å²) in [5, 5.41) is 3.28. The summed E-state index contributed by atoms with van der Waals surface area (Å²) >= 11 is 6.19. The highest BCUT2D eigenvalue weighted by Gasteiger charge is 2.25. The maximum atomic E-state index is 12.4. The van der Waals surface area contributed by atoms with Crippen molar-refractivity contribution in [2.24, 2.45) is 0 Å². The number of aryl methyl sites for hydroxylation is 1. The van der Waals surface area contributed by atoms with Gasteiger partial charge in [0.05, 0.1) is 5.02 Å². The van der Waals surface area contributed by atoms with E-state index in [9.17, 15) is 14.4 Å². The summed E-state index contributed by atoms with van der Waals surface area (Å²) < 4.78 is 15.6. The van der Waals surface area contributed by atoms with Crippen LogP contribution in [0.3, 0.4) is 0 Å². The molecule has 0 bridgehead atoms. The summed E-state index contributed by atoms with van der Waals surface area (Å²) in [4.78, 5) is 35.9. The maximum absolute atomic E-state index is 12.4. The van der Waals surface area contributed by atoms with Crippen molar-refractivity contribution in [1.82, 2.24) is 5.32 Å². The van der Waals surface area contributed by atoms with Gasteiger partial charge >= 0.3 is 17.7 Å². The van der Waals surface area contributed by atoms with Crippen LogP contribution < -0.4 is 15.7 Å². The van der Waals surface area contributed by atoms with Crippen LogP contribution in [0.4, 0.5) is 4.79 Å². The molecule has 1 aromatic heterocycles. The molecule has 1 heterocycles. The van der Waals surface area contributed by atoms with Crippen LogP contribution in [0.1, 0.15) is 39.7 Å². The van der Waals surface area contributed by atoms with Gasteiger partial charge in [-0.05, 0) is 45.7 Å². The topological polar surface area (TPSA) is 94.8 Å². The van der Waals surface area contributed by atoms with Crippen LogP contribution in [-0.2, 0) is 9.53 Å². The number of nitrogens with one attached hydrogen (secondary N) is 1. The molecule has 0 fully saturated rings. The smallest absolute Gasteiger partial charge is 0.408 e. The number of benzene rings is 1. The quantitative estimate of drug-likeness (QED) is 0.478. The van der Waals surface area contributed by atoms with E-state index in [-0.39, 0.29) is 22.8 Å². The Morgan fingerprint density at radius 1 is 1.26 bits per heavy atom. The molecule has 0 saturated heterocycles. The molecule has 146 valence electrons. The van der Waals surface area contributed by atoms with Crippen molar-refractivity contribution >= 4 is 34.6 Å². The number of ether oxygens (including phenoxy) is 2. The van der Waals surface area contributed by atoms with Gasteiger partial charge in [0.2, 0.25) is 0 Å². The van der Waals surface area contributed by atoms with Crippen LogP contribution in [0.15, 0.2) is 27.4 Å². The van der Waals surface area contributed by atoms with E-state index in [2.05, 4.69) is 5.32 Å². The fraction of sp³-hybridized carbons (Fsp3) is 0.421. The van der Waals surface area contributed by atoms with Gasteiger partial charge in [-0.15, -0.1) is 0 Å². The van der Waals surface area contributed by atoms with E-state index >= 15 is 0 Å². The van der Waals surface area contributed by atoms with Crippen molar-refractivity contribution < 1.29 is 23.5 Å². The number of carbonyl (C=O) groups is 2. The molecule has 1 N–H and O–H groups in total. The maximum Gasteiger partial charge on any atom is 0.408 e. The molecule has 27 heavy (non-hydrogen) atoms. The largest absolute Gasteiger partial charge is 0.444 e. The minimum absolute atomic E-state index is 0.0346. The molecule has 1 aromatic carbocycles. The summed E-state index contributed by atoms with van der Waals surface area (Å²) in [5.74, 6) is -0.674. The predicted molar refractivity (Wildman–Crippen MR) is 101 cm³/mol. The third-order valence-electron chi connectivity index (χ3n) is 3.60. The molecule has 0 radical (unpaired) electrons. The summed E-state index contributed by atoms with van der Waals surface area (Å²) in [7, 11) is 0. The molecule has 0 aliphatic heterocycles. The zero-order valence-electron chi connectivity index (χ0n) is 15.8. The zero-order chi connectivity index (χ0) is 20.4. The summed E-state index contributed by atoms with van der Waals surface area (Å²) in [5.41, 5.74) is -0.263. The molecule has 0 spiro atoms. The van der Waals surface area contributed by atoms with E-state index in [1.807, 2.05) is 0 Å². The number of esters is 1. The van der Waals surface area contributed by atoms with Gasteiger partial charge in [0.1, 0.15) is 17.2 Å². The molecule has 1 amide bonds. The second-order valence-electron chi connectivity index (χ2n) is 7.06. The Morgan fingerprint density at radius 3 is 2.52 bits per heavy atom. The Kier molecular flexibility index (Phi) is 6.15. The van der Waals surface area contributed by atoms with Crippen LogP contribution in [0.5, 0.6) is 5.75 Å². The minimum Gasteiger partial charge on any atom is -0.444 e. The normalized spacial score (nSPS) is 12.5. The van der Waals surface area contributed by atoms with Crippen LogP contribution >= 0.6 is 11.6 Å². The summed E-state index contributed by atoms with van der Waals surface area (Å²) in [6.45, 7) is 8.62. The first-order valence-corrected chi connectivity index (χ1v) is 8.83.